The molecule has 0 fully saturated rings. The van der Waals surface area contributed by atoms with E-state index in [1.54, 1.807) is 13.0 Å². The summed E-state index contributed by atoms with van der Waals surface area (Å²) in [6.45, 7) is 1.57. The van der Waals surface area contributed by atoms with Gasteiger partial charge in [0.05, 0.1) is 5.02 Å². The minimum Gasteiger partial charge on any atom is -0.207 e. The lowest BCUT2D eigenvalue weighted by molar-refractivity contribution is 0.564. The summed E-state index contributed by atoms with van der Waals surface area (Å²) in [6.07, 6.45) is 0. The van der Waals surface area contributed by atoms with Crippen LogP contribution in [0.1, 0.15) is 18.5 Å². The molecule has 21 heavy (non-hydrogen) atoms. The second-order valence-corrected chi connectivity index (χ2v) is 6.56. The lowest BCUT2D eigenvalue weighted by atomic mass is 10.1. The Morgan fingerprint density at radius 2 is 1.76 bits per heavy atom. The predicted molar refractivity (Wildman–Crippen MR) is 76.5 cm³/mol. The smallest absolute Gasteiger partial charge is 0.207 e. The summed E-state index contributed by atoms with van der Waals surface area (Å²) < 4.78 is 52.9. The van der Waals surface area contributed by atoms with E-state index in [9.17, 15) is 17.2 Å². The lowest BCUT2D eigenvalue weighted by Gasteiger charge is -2.15. The molecule has 1 atom stereocenters. The molecule has 7 heteroatoms. The molecule has 112 valence electrons. The highest BCUT2D eigenvalue weighted by molar-refractivity contribution is 7.89. The van der Waals surface area contributed by atoms with Crippen molar-refractivity contribution in [1.82, 2.24) is 4.72 Å². The molecule has 0 saturated carbocycles. The minimum atomic E-state index is -3.94. The van der Waals surface area contributed by atoms with Gasteiger partial charge < -0.3 is 0 Å². The van der Waals surface area contributed by atoms with E-state index < -0.39 is 27.7 Å². The van der Waals surface area contributed by atoms with Crippen LogP contribution in [0, 0.1) is 11.6 Å². The van der Waals surface area contributed by atoms with Gasteiger partial charge in [-0.3, -0.25) is 0 Å². The van der Waals surface area contributed by atoms with E-state index in [1.165, 1.54) is 18.2 Å². The zero-order chi connectivity index (χ0) is 15.6. The zero-order valence-corrected chi connectivity index (χ0v) is 12.5. The molecule has 0 heterocycles. The van der Waals surface area contributed by atoms with Gasteiger partial charge in [0, 0.05) is 6.04 Å². The molecule has 0 radical (unpaired) electrons. The summed E-state index contributed by atoms with van der Waals surface area (Å²) in [6, 6.07) is 7.94. The first-order chi connectivity index (χ1) is 9.79. The van der Waals surface area contributed by atoms with Gasteiger partial charge in [-0.2, -0.15) is 0 Å². The highest BCUT2D eigenvalue weighted by atomic mass is 35.5. The number of hydrogen-bond acceptors (Lipinski definition) is 2. The molecule has 2 rings (SSSR count). The van der Waals surface area contributed by atoms with Crippen LogP contribution in [0.5, 0.6) is 0 Å². The Kier molecular flexibility index (Phi) is 4.61. The van der Waals surface area contributed by atoms with Crippen LogP contribution in [0.15, 0.2) is 47.4 Å². The molecule has 2 aromatic carbocycles. The van der Waals surface area contributed by atoms with Gasteiger partial charge >= 0.3 is 0 Å². The van der Waals surface area contributed by atoms with Gasteiger partial charge in [0.2, 0.25) is 10.0 Å². The van der Waals surface area contributed by atoms with Gasteiger partial charge in [-0.25, -0.2) is 21.9 Å². The molecule has 0 aliphatic carbocycles. The van der Waals surface area contributed by atoms with E-state index in [0.29, 0.717) is 5.56 Å². The normalized spacial score (nSPS) is 13.1. The Hall–Kier alpha value is -1.50. The van der Waals surface area contributed by atoms with Gasteiger partial charge in [0.25, 0.3) is 0 Å². The maximum absolute atomic E-state index is 13.2. The molecule has 0 aliphatic heterocycles. The Bertz CT molecular complexity index is 765. The molecule has 2 aromatic rings. The fraction of sp³-hybridized carbons (Fsp3) is 0.143. The van der Waals surface area contributed by atoms with Crippen LogP contribution in [-0.2, 0) is 10.0 Å². The molecular weight excluding hydrogens is 320 g/mol. The molecule has 0 amide bonds. The number of halogens is 3. The zero-order valence-electron chi connectivity index (χ0n) is 11.0. The number of nitrogens with one attached hydrogen (secondary N) is 1. The molecular formula is C14H12ClF2NO2S. The lowest BCUT2D eigenvalue weighted by Crippen LogP contribution is -2.27. The summed E-state index contributed by atoms with van der Waals surface area (Å²) >= 11 is 5.75. The summed E-state index contributed by atoms with van der Waals surface area (Å²) in [5.74, 6) is -1.09. The first kappa shape index (κ1) is 15.9. The number of sulfonamides is 1. The molecule has 0 saturated heterocycles. The SMILES string of the molecule is CC(NS(=O)(=O)c1ccc(F)cc1Cl)c1cccc(F)c1. The highest BCUT2D eigenvalue weighted by Gasteiger charge is 2.21. The quantitative estimate of drug-likeness (QED) is 0.929. The maximum Gasteiger partial charge on any atom is 0.242 e. The van der Waals surface area contributed by atoms with Crippen LogP contribution in [0.4, 0.5) is 8.78 Å². The minimum absolute atomic E-state index is 0.214. The summed E-state index contributed by atoms with van der Waals surface area (Å²) in [4.78, 5) is -0.228. The third-order valence-corrected chi connectivity index (χ3v) is 4.89. The highest BCUT2D eigenvalue weighted by Crippen LogP contribution is 2.24. The van der Waals surface area contributed by atoms with Crippen LogP contribution in [0.2, 0.25) is 5.02 Å². The molecule has 1 N–H and O–H groups in total. The molecule has 3 nitrogen and oxygen atoms in total. The van der Waals surface area contributed by atoms with Gasteiger partial charge in [-0.05, 0) is 42.8 Å². The third kappa shape index (κ3) is 3.78. The van der Waals surface area contributed by atoms with E-state index in [1.807, 2.05) is 0 Å². The van der Waals surface area contributed by atoms with E-state index in [-0.39, 0.29) is 9.92 Å². The van der Waals surface area contributed by atoms with Crippen LogP contribution >= 0.6 is 11.6 Å². The Balaban J connectivity index is 2.29. The topological polar surface area (TPSA) is 46.2 Å². The fourth-order valence-corrected chi connectivity index (χ4v) is 3.60. The predicted octanol–water partition coefficient (Wildman–Crippen LogP) is 3.66. The Labute approximate surface area is 126 Å². The first-order valence-electron chi connectivity index (χ1n) is 6.02. The molecule has 0 bridgehead atoms. The molecule has 0 aliphatic rings. The molecule has 0 spiro atoms. The van der Waals surface area contributed by atoms with Crippen molar-refractivity contribution < 1.29 is 17.2 Å². The van der Waals surface area contributed by atoms with Crippen molar-refractivity contribution in [3.63, 3.8) is 0 Å². The third-order valence-electron chi connectivity index (χ3n) is 2.86. The Morgan fingerprint density at radius 1 is 1.10 bits per heavy atom. The van der Waals surface area contributed by atoms with Crippen LogP contribution in [0.25, 0.3) is 0 Å². The maximum atomic E-state index is 13.2. The second kappa shape index (κ2) is 6.09. The van der Waals surface area contributed by atoms with E-state index in [2.05, 4.69) is 4.72 Å². The van der Waals surface area contributed by atoms with Crippen LogP contribution < -0.4 is 4.72 Å². The van der Waals surface area contributed by atoms with E-state index in [4.69, 9.17) is 11.6 Å². The second-order valence-electron chi connectivity index (χ2n) is 4.47. The van der Waals surface area contributed by atoms with Gasteiger partial charge in [-0.15, -0.1) is 0 Å². The number of hydrogen-bond donors (Lipinski definition) is 1. The standard InChI is InChI=1S/C14H12ClF2NO2S/c1-9(10-3-2-4-11(16)7-10)18-21(19,20)14-6-5-12(17)8-13(14)15/h2-9,18H,1H3. The van der Waals surface area contributed by atoms with Crippen molar-refractivity contribution in [3.05, 3.63) is 64.7 Å². The van der Waals surface area contributed by atoms with Crippen LogP contribution in [0.3, 0.4) is 0 Å². The number of rotatable bonds is 4. The van der Waals surface area contributed by atoms with Crippen molar-refractivity contribution >= 4 is 21.6 Å². The van der Waals surface area contributed by atoms with Gasteiger partial charge in [0.15, 0.2) is 0 Å². The average Bonchev–Trinajstić information content (AvgIpc) is 2.37. The summed E-state index contributed by atoms with van der Waals surface area (Å²) in [7, 11) is -3.94. The summed E-state index contributed by atoms with van der Waals surface area (Å²) in [5.41, 5.74) is 0.469. The van der Waals surface area contributed by atoms with Crippen LogP contribution in [-0.4, -0.2) is 8.42 Å². The largest absolute Gasteiger partial charge is 0.242 e. The van der Waals surface area contributed by atoms with Gasteiger partial charge in [0.1, 0.15) is 16.5 Å². The van der Waals surface area contributed by atoms with Gasteiger partial charge in [-0.1, -0.05) is 23.7 Å². The van der Waals surface area contributed by atoms with Crippen molar-refractivity contribution in [2.24, 2.45) is 0 Å². The van der Waals surface area contributed by atoms with Crippen molar-refractivity contribution in [2.75, 3.05) is 0 Å². The number of benzene rings is 2. The van der Waals surface area contributed by atoms with Crippen molar-refractivity contribution in [3.8, 4) is 0 Å². The van der Waals surface area contributed by atoms with Crippen molar-refractivity contribution in [1.29, 1.82) is 0 Å². The fourth-order valence-electron chi connectivity index (χ4n) is 1.83. The Morgan fingerprint density at radius 3 is 2.38 bits per heavy atom. The van der Waals surface area contributed by atoms with Crippen molar-refractivity contribution in [2.45, 2.75) is 17.9 Å². The molecule has 1 unspecified atom stereocenters. The average molecular weight is 332 g/mol. The van der Waals surface area contributed by atoms with E-state index >= 15 is 0 Å². The monoisotopic (exact) mass is 331 g/mol. The summed E-state index contributed by atoms with van der Waals surface area (Å²) in [5, 5.41) is -0.214. The van der Waals surface area contributed by atoms with E-state index in [0.717, 1.165) is 18.2 Å². The molecule has 0 aromatic heterocycles. The first-order valence-corrected chi connectivity index (χ1v) is 7.88.